The molecule has 0 N–H and O–H groups in total. The monoisotopic (exact) mass is 229 g/mol. The highest BCUT2D eigenvalue weighted by molar-refractivity contribution is 7.81. The zero-order valence-corrected chi connectivity index (χ0v) is 10.6. The fourth-order valence-corrected chi connectivity index (χ4v) is 2.28. The van der Waals surface area contributed by atoms with Gasteiger partial charge in [0.25, 0.3) is 0 Å². The zero-order valence-electron chi connectivity index (χ0n) is 9.82. The lowest BCUT2D eigenvalue weighted by Gasteiger charge is -2.08. The first-order chi connectivity index (χ1) is 7.59. The Bertz CT molecular complexity index is 501. The predicted octanol–water partition coefficient (Wildman–Crippen LogP) is 3.41. The number of hydrogen-bond acceptors (Lipinski definition) is 1. The van der Waals surface area contributed by atoms with Crippen LogP contribution in [0.15, 0.2) is 36.5 Å². The molecule has 16 heavy (non-hydrogen) atoms. The summed E-state index contributed by atoms with van der Waals surface area (Å²) in [5.74, 6) is 0. The number of thiocarbonyl (C=S) groups is 1. The molecule has 2 heteroatoms. The molecule has 0 aliphatic heterocycles. The van der Waals surface area contributed by atoms with Crippen LogP contribution in [0.5, 0.6) is 0 Å². The van der Waals surface area contributed by atoms with Crippen molar-refractivity contribution in [3.05, 3.63) is 58.9 Å². The van der Waals surface area contributed by atoms with E-state index in [2.05, 4.69) is 48.7 Å². The second-order valence-electron chi connectivity index (χ2n) is 4.15. The largest absolute Gasteiger partial charge is 0.350 e. The topological polar surface area (TPSA) is 4.93 Å². The van der Waals surface area contributed by atoms with Crippen LogP contribution in [0.25, 0.3) is 0 Å². The van der Waals surface area contributed by atoms with Crippen molar-refractivity contribution in [2.75, 3.05) is 0 Å². The molecule has 0 atom stereocenters. The number of aromatic nitrogens is 1. The molecule has 0 saturated heterocycles. The molecular weight excluding hydrogens is 214 g/mol. The van der Waals surface area contributed by atoms with Crippen molar-refractivity contribution in [1.82, 2.24) is 4.57 Å². The van der Waals surface area contributed by atoms with Gasteiger partial charge in [-0.15, -0.1) is 0 Å². The van der Waals surface area contributed by atoms with Gasteiger partial charge in [-0.25, -0.2) is 0 Å². The van der Waals surface area contributed by atoms with E-state index in [1.165, 1.54) is 11.1 Å². The van der Waals surface area contributed by atoms with Gasteiger partial charge >= 0.3 is 0 Å². The quantitative estimate of drug-likeness (QED) is 0.564. The van der Waals surface area contributed by atoms with Gasteiger partial charge in [-0.3, -0.25) is 0 Å². The van der Waals surface area contributed by atoms with Gasteiger partial charge in [0, 0.05) is 13.2 Å². The minimum atomic E-state index is 0.921. The van der Waals surface area contributed by atoms with E-state index >= 15 is 0 Å². The summed E-state index contributed by atoms with van der Waals surface area (Å²) >= 11 is 5.54. The smallest absolute Gasteiger partial charge is 0.0688 e. The Morgan fingerprint density at radius 3 is 2.19 bits per heavy atom. The van der Waals surface area contributed by atoms with Crippen LogP contribution in [-0.2, 0) is 7.05 Å². The van der Waals surface area contributed by atoms with Gasteiger partial charge in [0.15, 0.2) is 0 Å². The molecule has 1 aromatic heterocycles. The average Bonchev–Trinajstić information content (AvgIpc) is 2.59. The maximum atomic E-state index is 5.54. The molecule has 2 rings (SSSR count). The van der Waals surface area contributed by atoms with E-state index in [4.69, 9.17) is 12.2 Å². The van der Waals surface area contributed by atoms with Gasteiger partial charge < -0.3 is 4.57 Å². The summed E-state index contributed by atoms with van der Waals surface area (Å²) in [6.45, 7) is 4.18. The van der Waals surface area contributed by atoms with Crippen molar-refractivity contribution in [3.63, 3.8) is 0 Å². The molecule has 0 radical (unpaired) electrons. The Kier molecular flexibility index (Phi) is 2.92. The molecule has 0 fully saturated rings. The Morgan fingerprint density at radius 1 is 1.06 bits per heavy atom. The molecule has 1 nitrogen and oxygen atoms in total. The Morgan fingerprint density at radius 2 is 1.69 bits per heavy atom. The normalized spacial score (nSPS) is 10.4. The van der Waals surface area contributed by atoms with Crippen LogP contribution in [-0.4, -0.2) is 9.43 Å². The fourth-order valence-electron chi connectivity index (χ4n) is 1.84. The van der Waals surface area contributed by atoms with E-state index in [0.717, 1.165) is 16.1 Å². The van der Waals surface area contributed by atoms with Gasteiger partial charge in [-0.1, -0.05) is 42.0 Å². The first-order valence-corrected chi connectivity index (χ1v) is 5.73. The molecule has 0 aliphatic rings. The third-order valence-corrected chi connectivity index (χ3v) is 3.23. The second kappa shape index (κ2) is 4.22. The molecule has 0 spiro atoms. The Balaban J connectivity index is 2.43. The van der Waals surface area contributed by atoms with Crippen molar-refractivity contribution in [1.29, 1.82) is 0 Å². The van der Waals surface area contributed by atoms with Crippen molar-refractivity contribution < 1.29 is 0 Å². The molecule has 2 aromatic rings. The molecule has 0 bridgehead atoms. The molecule has 0 unspecified atom stereocenters. The predicted molar refractivity (Wildman–Crippen MR) is 72.1 cm³/mol. The third-order valence-electron chi connectivity index (χ3n) is 2.80. The Hall–Kier alpha value is -1.41. The highest BCUT2D eigenvalue weighted by Gasteiger charge is 2.10. The molecule has 0 aliphatic carbocycles. The van der Waals surface area contributed by atoms with E-state index in [1.54, 1.807) is 0 Å². The minimum Gasteiger partial charge on any atom is -0.350 e. The highest BCUT2D eigenvalue weighted by Crippen LogP contribution is 2.16. The summed E-state index contributed by atoms with van der Waals surface area (Å²) in [5, 5.41) is 0. The summed E-state index contributed by atoms with van der Waals surface area (Å²) in [5.41, 5.74) is 4.74. The highest BCUT2D eigenvalue weighted by atomic mass is 32.1. The van der Waals surface area contributed by atoms with Gasteiger partial charge in [0.05, 0.1) is 10.6 Å². The Labute approximate surface area is 102 Å². The minimum absolute atomic E-state index is 0.921. The standard InChI is InChI=1S/C14H15NS/c1-10-4-6-12(7-5-10)14(16)13-11(2)8-9-15(13)3/h4-9H,1-3H3. The van der Waals surface area contributed by atoms with Crippen LogP contribution in [0.1, 0.15) is 22.4 Å². The lowest BCUT2D eigenvalue weighted by molar-refractivity contribution is 0.914. The van der Waals surface area contributed by atoms with Crippen LogP contribution in [0.4, 0.5) is 0 Å². The number of hydrogen-bond donors (Lipinski definition) is 0. The van der Waals surface area contributed by atoms with Crippen LogP contribution < -0.4 is 0 Å². The lowest BCUT2D eigenvalue weighted by Crippen LogP contribution is -2.07. The van der Waals surface area contributed by atoms with E-state index in [0.29, 0.717) is 0 Å². The number of rotatable bonds is 2. The lowest BCUT2D eigenvalue weighted by atomic mass is 10.1. The van der Waals surface area contributed by atoms with Crippen molar-refractivity contribution in [2.45, 2.75) is 13.8 Å². The number of aryl methyl sites for hydroxylation is 3. The van der Waals surface area contributed by atoms with Gasteiger partial charge in [0.2, 0.25) is 0 Å². The van der Waals surface area contributed by atoms with Crippen LogP contribution >= 0.6 is 12.2 Å². The van der Waals surface area contributed by atoms with Gasteiger partial charge in [0.1, 0.15) is 0 Å². The summed E-state index contributed by atoms with van der Waals surface area (Å²) in [6, 6.07) is 10.5. The summed E-state index contributed by atoms with van der Waals surface area (Å²) in [7, 11) is 2.03. The van der Waals surface area contributed by atoms with Crippen LogP contribution in [0.3, 0.4) is 0 Å². The van der Waals surface area contributed by atoms with E-state index in [1.807, 2.05) is 13.2 Å². The molecule has 0 saturated carbocycles. The van der Waals surface area contributed by atoms with E-state index in [-0.39, 0.29) is 0 Å². The molecule has 1 aromatic carbocycles. The maximum Gasteiger partial charge on any atom is 0.0688 e. The van der Waals surface area contributed by atoms with E-state index in [9.17, 15) is 0 Å². The summed E-state index contributed by atoms with van der Waals surface area (Å²) in [4.78, 5) is 0.921. The third kappa shape index (κ3) is 1.93. The SMILES string of the molecule is Cc1ccc(C(=S)c2c(C)ccn2C)cc1. The van der Waals surface area contributed by atoms with Crippen molar-refractivity contribution in [2.24, 2.45) is 7.05 Å². The number of nitrogens with zero attached hydrogens (tertiary/aromatic N) is 1. The fraction of sp³-hybridized carbons (Fsp3) is 0.214. The maximum absolute atomic E-state index is 5.54. The zero-order chi connectivity index (χ0) is 11.7. The molecular formula is C14H15NS. The van der Waals surface area contributed by atoms with E-state index < -0.39 is 0 Å². The molecule has 0 amide bonds. The van der Waals surface area contributed by atoms with Gasteiger partial charge in [-0.2, -0.15) is 0 Å². The number of benzene rings is 1. The van der Waals surface area contributed by atoms with Crippen LogP contribution in [0.2, 0.25) is 0 Å². The second-order valence-corrected chi connectivity index (χ2v) is 4.56. The van der Waals surface area contributed by atoms with Gasteiger partial charge in [-0.05, 0) is 31.0 Å². The van der Waals surface area contributed by atoms with Crippen LogP contribution in [0, 0.1) is 13.8 Å². The summed E-state index contributed by atoms with van der Waals surface area (Å²) in [6.07, 6.45) is 2.05. The molecule has 82 valence electrons. The molecule has 1 heterocycles. The van der Waals surface area contributed by atoms with Crippen molar-refractivity contribution in [3.8, 4) is 0 Å². The summed E-state index contributed by atoms with van der Waals surface area (Å²) < 4.78 is 2.08. The first kappa shape index (κ1) is 11.1. The first-order valence-electron chi connectivity index (χ1n) is 5.33. The average molecular weight is 229 g/mol. The van der Waals surface area contributed by atoms with Crippen molar-refractivity contribution >= 4 is 17.1 Å².